The predicted molar refractivity (Wildman–Crippen MR) is 146 cm³/mol. The van der Waals surface area contributed by atoms with Crippen LogP contribution in [0.15, 0.2) is 0 Å². The third-order valence-corrected chi connectivity index (χ3v) is 14.3. The fraction of sp³-hybridized carbons (Fsp3) is 1.00. The molecule has 6 fully saturated rings. The molecule has 35 heavy (non-hydrogen) atoms. The normalized spacial score (nSPS) is 45.8. The molecule has 0 unspecified atom stereocenters. The minimum absolute atomic E-state index is 0. The molecule has 0 spiro atoms. The van der Waals surface area contributed by atoms with Crippen molar-refractivity contribution >= 4 is 16.5 Å². The molecule has 2 aliphatic carbocycles. The number of hydrogen-bond acceptors (Lipinski definition) is 4. The molecule has 0 radical (unpaired) electrons. The predicted octanol–water partition coefficient (Wildman–Crippen LogP) is 7.65. The van der Waals surface area contributed by atoms with Crippen LogP contribution in [0.2, 0.25) is 0 Å². The first-order chi connectivity index (χ1) is 16.0. The molecule has 4 nitrogen and oxygen atoms in total. The summed E-state index contributed by atoms with van der Waals surface area (Å²) in [6.45, 7) is 17.5. The van der Waals surface area contributed by atoms with E-state index in [1.54, 1.807) is 0 Å². The van der Waals surface area contributed by atoms with Gasteiger partial charge in [-0.1, -0.05) is 80.6 Å². The summed E-state index contributed by atoms with van der Waals surface area (Å²) in [7, 11) is 1.11. The van der Waals surface area contributed by atoms with Crippen molar-refractivity contribution < 1.29 is 36.0 Å². The second-order valence-electron chi connectivity index (χ2n) is 12.5. The third-order valence-electron chi connectivity index (χ3n) is 8.73. The van der Waals surface area contributed by atoms with E-state index in [9.17, 15) is 0 Å². The van der Waals surface area contributed by atoms with Gasteiger partial charge in [-0.05, 0) is 46.2 Å². The van der Waals surface area contributed by atoms with Crippen molar-refractivity contribution in [3.05, 3.63) is 0 Å². The molecule has 0 bridgehead atoms. The summed E-state index contributed by atoms with van der Waals surface area (Å²) in [5.41, 5.74) is 3.83. The van der Waals surface area contributed by atoms with Crippen molar-refractivity contribution in [3.8, 4) is 0 Å². The fourth-order valence-corrected chi connectivity index (χ4v) is 13.1. The number of ether oxygens (including phenoxy) is 4. The molecule has 6 rings (SSSR count). The van der Waals surface area contributed by atoms with Gasteiger partial charge >= 0.3 is 0 Å². The first-order valence-electron chi connectivity index (χ1n) is 14.2. The van der Waals surface area contributed by atoms with Crippen molar-refractivity contribution in [2.45, 2.75) is 177 Å². The fourth-order valence-electron chi connectivity index (χ4n) is 7.22. The smallest absolute Gasteiger partial charge is 0.163 e. The van der Waals surface area contributed by atoms with Crippen LogP contribution in [0.1, 0.15) is 113 Å². The van der Waals surface area contributed by atoms with Gasteiger partial charge in [-0.2, -0.15) is 0 Å². The van der Waals surface area contributed by atoms with E-state index in [0.717, 1.165) is 25.6 Å². The summed E-state index contributed by atoms with van der Waals surface area (Å²) in [4.78, 5) is 0. The number of rotatable bonds is 1. The van der Waals surface area contributed by atoms with Gasteiger partial charge in [0.05, 0.1) is 24.4 Å². The van der Waals surface area contributed by atoms with E-state index < -0.39 is 0 Å². The third kappa shape index (κ3) is 7.25. The van der Waals surface area contributed by atoms with Crippen LogP contribution in [0.5, 0.6) is 0 Å². The maximum Gasteiger partial charge on any atom is 0.163 e. The Labute approximate surface area is 229 Å². The van der Waals surface area contributed by atoms with Crippen molar-refractivity contribution in [1.29, 1.82) is 0 Å². The van der Waals surface area contributed by atoms with Gasteiger partial charge in [0.2, 0.25) is 0 Å². The first-order valence-corrected chi connectivity index (χ1v) is 16.9. The Balaban J connectivity index is 0.000000165. The topological polar surface area (TPSA) is 36.9 Å². The Hall–Kier alpha value is 1.22. The summed E-state index contributed by atoms with van der Waals surface area (Å²) in [5.74, 6) is -0.697. The molecule has 0 amide bonds. The van der Waals surface area contributed by atoms with Gasteiger partial charge in [-0.15, -0.1) is 8.58 Å². The van der Waals surface area contributed by atoms with Crippen LogP contribution in [-0.4, -0.2) is 64.3 Å². The zero-order valence-corrected chi connectivity index (χ0v) is 26.5. The minimum atomic E-state index is -0.352. The molecule has 8 atom stereocenters. The summed E-state index contributed by atoms with van der Waals surface area (Å²) in [6.07, 6.45) is 14.8. The van der Waals surface area contributed by atoms with Gasteiger partial charge in [-0.3, -0.25) is 0 Å². The zero-order valence-electron chi connectivity index (χ0n) is 23.5. The molecule has 4 heterocycles. The van der Waals surface area contributed by atoms with E-state index in [1.165, 1.54) is 57.8 Å². The van der Waals surface area contributed by atoms with Gasteiger partial charge in [0.1, 0.15) is 0 Å². The average molecular weight is 571 g/mol. The molecule has 2 saturated carbocycles. The van der Waals surface area contributed by atoms with Crippen LogP contribution >= 0.6 is 16.5 Å². The van der Waals surface area contributed by atoms with Crippen LogP contribution in [0.4, 0.5) is 0 Å². The maximum atomic E-state index is 6.14. The quantitative estimate of drug-likeness (QED) is 0.240. The summed E-state index contributed by atoms with van der Waals surface area (Å²) in [5, 5.41) is 0. The summed E-state index contributed by atoms with van der Waals surface area (Å²) >= 11 is 0. The van der Waals surface area contributed by atoms with Gasteiger partial charge in [0.15, 0.2) is 11.6 Å². The second kappa shape index (κ2) is 12.6. The average Bonchev–Trinajstić information content (AvgIpc) is 3.57. The SMILES string of the molecule is C1CCCC1.C[C@@H]1P[C@@H](C)[C@H]2OC(C)(C)O[C@@H]21.C[C@H]1[C@H]2OC(C)(C)O[C@@H]2[C@H](C)P1C1CCCC1.[Fe]. The van der Waals surface area contributed by atoms with E-state index in [4.69, 9.17) is 18.9 Å². The van der Waals surface area contributed by atoms with Crippen molar-refractivity contribution in [2.75, 3.05) is 0 Å². The van der Waals surface area contributed by atoms with Gasteiger partial charge in [-0.25, -0.2) is 0 Å². The van der Waals surface area contributed by atoms with Crippen molar-refractivity contribution in [1.82, 2.24) is 0 Å². The second-order valence-corrected chi connectivity index (χ2v) is 17.9. The van der Waals surface area contributed by atoms with Crippen LogP contribution in [-0.2, 0) is 36.0 Å². The largest absolute Gasteiger partial charge is 0.344 e. The molecule has 6 aliphatic rings. The Kier molecular flexibility index (Phi) is 11.1. The van der Waals surface area contributed by atoms with Crippen molar-refractivity contribution in [2.24, 2.45) is 0 Å². The molecular formula is C28H52FeO4P2. The minimum Gasteiger partial charge on any atom is -0.344 e. The molecular weight excluding hydrogens is 518 g/mol. The number of hydrogen-bond donors (Lipinski definition) is 0. The Morgan fingerprint density at radius 2 is 0.914 bits per heavy atom. The van der Waals surface area contributed by atoms with E-state index in [2.05, 4.69) is 41.5 Å². The maximum absolute atomic E-state index is 6.14. The molecule has 0 N–H and O–H groups in total. The monoisotopic (exact) mass is 570 g/mol. The Morgan fingerprint density at radius 1 is 0.571 bits per heavy atom. The molecule has 206 valence electrons. The molecule has 0 aromatic rings. The molecule has 0 aromatic heterocycles. The zero-order chi connectivity index (χ0) is 24.7. The Bertz CT molecular complexity index is 622. The molecule has 0 aromatic carbocycles. The van der Waals surface area contributed by atoms with Gasteiger partial charge < -0.3 is 18.9 Å². The number of fused-ring (bicyclic) bond motifs is 2. The standard InChI is InChI=1S/C14H25O2P.C9H17O2P.C5H10.Fe/c1-9-12-13(16-14(3,4)15-12)10(2)17(9)11-7-5-6-8-11;1-5-7-8(6(2)12-5)11-9(3,4)10-7;1-2-4-5-3-1;/h9-13H,5-8H2,1-4H3;5-8,12H,1-4H3;1-5H2;/t9-,10-,12+,13+;5-,6-,7+,8+;;/m00../s1. The molecule has 7 heteroatoms. The van der Waals surface area contributed by atoms with Gasteiger partial charge in [0.25, 0.3) is 0 Å². The van der Waals surface area contributed by atoms with Crippen LogP contribution in [0.3, 0.4) is 0 Å². The van der Waals surface area contributed by atoms with Crippen LogP contribution in [0, 0.1) is 0 Å². The summed E-state index contributed by atoms with van der Waals surface area (Å²) < 4.78 is 24.0. The molecule has 4 saturated heterocycles. The van der Waals surface area contributed by atoms with Crippen LogP contribution in [0.25, 0.3) is 0 Å². The first kappa shape index (κ1) is 30.8. The van der Waals surface area contributed by atoms with E-state index in [1.807, 2.05) is 13.8 Å². The Morgan fingerprint density at radius 3 is 1.29 bits per heavy atom. The van der Waals surface area contributed by atoms with Crippen molar-refractivity contribution in [3.63, 3.8) is 0 Å². The van der Waals surface area contributed by atoms with Gasteiger partial charge in [0, 0.05) is 39.7 Å². The summed E-state index contributed by atoms with van der Waals surface area (Å²) in [6, 6.07) is 0. The van der Waals surface area contributed by atoms with E-state index in [0.29, 0.717) is 35.7 Å². The molecule has 4 aliphatic heterocycles. The van der Waals surface area contributed by atoms with E-state index in [-0.39, 0.29) is 36.6 Å². The van der Waals surface area contributed by atoms with Crippen LogP contribution < -0.4 is 0 Å². The van der Waals surface area contributed by atoms with E-state index >= 15 is 0 Å².